The average molecular weight is 370 g/mol. The van der Waals surface area contributed by atoms with Crippen LogP contribution in [0.5, 0.6) is 0 Å². The summed E-state index contributed by atoms with van der Waals surface area (Å²) in [6.07, 6.45) is 8.54. The Bertz CT molecular complexity index is 451. The molecule has 0 aliphatic heterocycles. The minimum atomic E-state index is -1.06. The Kier molecular flexibility index (Phi) is 14.2. The van der Waals surface area contributed by atoms with Crippen LogP contribution in [-0.4, -0.2) is 41.3 Å². The number of carboxylic acid groups (broad SMARTS) is 1. The van der Waals surface area contributed by atoms with Gasteiger partial charge in [0.25, 0.3) is 5.91 Å². The Labute approximate surface area is 156 Å². The molecule has 0 heterocycles. The molecule has 0 aliphatic carbocycles. The molecule has 2 amide bonds. The van der Waals surface area contributed by atoms with Gasteiger partial charge in [-0.1, -0.05) is 51.9 Å². The van der Waals surface area contributed by atoms with Gasteiger partial charge in [-0.15, -0.1) is 0 Å². The van der Waals surface area contributed by atoms with Crippen LogP contribution < -0.4 is 10.6 Å². The van der Waals surface area contributed by atoms with Gasteiger partial charge in [0.2, 0.25) is 11.7 Å². The lowest BCUT2D eigenvalue weighted by atomic mass is 10.1. The molecule has 1 atom stereocenters. The molecule has 0 bridgehead atoms. The molecule has 0 spiro atoms. The van der Waals surface area contributed by atoms with Crippen molar-refractivity contribution in [1.29, 1.82) is 0 Å². The second kappa shape index (κ2) is 15.3. The van der Waals surface area contributed by atoms with Gasteiger partial charge in [-0.05, 0) is 19.8 Å². The number of Topliss-reactive ketones (excluding diaryl/α,β-unsaturated/α-hetero) is 1. The van der Waals surface area contributed by atoms with Gasteiger partial charge in [-0.3, -0.25) is 19.2 Å². The van der Waals surface area contributed by atoms with Gasteiger partial charge in [0.05, 0.1) is 0 Å². The van der Waals surface area contributed by atoms with E-state index >= 15 is 0 Å². The molecule has 1 unspecified atom stereocenters. The minimum Gasteiger partial charge on any atom is -0.481 e. The van der Waals surface area contributed by atoms with Crippen molar-refractivity contribution in [3.8, 4) is 0 Å². The lowest BCUT2D eigenvalue weighted by Gasteiger charge is -2.16. The molecule has 7 nitrogen and oxygen atoms in total. The van der Waals surface area contributed by atoms with Crippen molar-refractivity contribution in [3.63, 3.8) is 0 Å². The van der Waals surface area contributed by atoms with Crippen LogP contribution in [-0.2, 0) is 19.2 Å². The van der Waals surface area contributed by atoms with Crippen LogP contribution in [0, 0.1) is 0 Å². The molecule has 0 aromatic rings. The van der Waals surface area contributed by atoms with Gasteiger partial charge in [-0.2, -0.15) is 0 Å². The van der Waals surface area contributed by atoms with Crippen molar-refractivity contribution in [2.24, 2.45) is 0 Å². The number of likely N-dealkylation sites (N-methyl/N-ethyl adjacent to an activating group) is 1. The third-order valence-electron chi connectivity index (χ3n) is 4.13. The smallest absolute Gasteiger partial charge is 0.303 e. The molecule has 0 aromatic heterocycles. The summed E-state index contributed by atoms with van der Waals surface area (Å²) in [6, 6.07) is -0.999. The van der Waals surface area contributed by atoms with E-state index in [1.165, 1.54) is 25.7 Å². The van der Waals surface area contributed by atoms with Crippen molar-refractivity contribution in [2.45, 2.75) is 90.5 Å². The third-order valence-corrected chi connectivity index (χ3v) is 4.13. The van der Waals surface area contributed by atoms with E-state index in [4.69, 9.17) is 5.11 Å². The number of nitrogens with one attached hydrogen (secondary N) is 2. The van der Waals surface area contributed by atoms with E-state index in [1.807, 2.05) is 0 Å². The monoisotopic (exact) mass is 370 g/mol. The molecular weight excluding hydrogens is 336 g/mol. The first kappa shape index (κ1) is 24.1. The summed E-state index contributed by atoms with van der Waals surface area (Å²) in [7, 11) is 0. The molecule has 0 aromatic carbocycles. The number of hydrogen-bond donors (Lipinski definition) is 3. The van der Waals surface area contributed by atoms with Gasteiger partial charge in [0.1, 0.15) is 6.04 Å². The van der Waals surface area contributed by atoms with Crippen LogP contribution in [0.3, 0.4) is 0 Å². The highest BCUT2D eigenvalue weighted by Crippen LogP contribution is 2.10. The Morgan fingerprint density at radius 2 is 1.42 bits per heavy atom. The van der Waals surface area contributed by atoms with E-state index in [9.17, 15) is 19.2 Å². The van der Waals surface area contributed by atoms with Gasteiger partial charge < -0.3 is 15.7 Å². The zero-order chi connectivity index (χ0) is 19.8. The molecule has 26 heavy (non-hydrogen) atoms. The molecule has 0 rings (SSSR count). The first-order chi connectivity index (χ1) is 12.4. The van der Waals surface area contributed by atoms with E-state index in [0.717, 1.165) is 19.3 Å². The summed E-state index contributed by atoms with van der Waals surface area (Å²) in [6.45, 7) is 4.26. The molecule has 0 saturated carbocycles. The van der Waals surface area contributed by atoms with Crippen LogP contribution in [0.4, 0.5) is 0 Å². The van der Waals surface area contributed by atoms with Crippen LogP contribution in [0.15, 0.2) is 0 Å². The minimum absolute atomic E-state index is 0.0437. The summed E-state index contributed by atoms with van der Waals surface area (Å²) in [5.74, 6) is -2.89. The van der Waals surface area contributed by atoms with Crippen LogP contribution in [0.25, 0.3) is 0 Å². The maximum Gasteiger partial charge on any atom is 0.303 e. The second-order valence-corrected chi connectivity index (χ2v) is 6.50. The van der Waals surface area contributed by atoms with Crippen molar-refractivity contribution in [1.82, 2.24) is 10.6 Å². The number of rotatable bonds is 16. The van der Waals surface area contributed by atoms with Crippen molar-refractivity contribution in [2.75, 3.05) is 6.54 Å². The average Bonchev–Trinajstić information content (AvgIpc) is 2.60. The summed E-state index contributed by atoms with van der Waals surface area (Å²) in [5.41, 5.74) is 0. The Balaban J connectivity index is 4.15. The summed E-state index contributed by atoms with van der Waals surface area (Å²) in [4.78, 5) is 46.4. The zero-order valence-corrected chi connectivity index (χ0v) is 16.1. The van der Waals surface area contributed by atoms with Gasteiger partial charge in [-0.25, -0.2) is 0 Å². The molecule has 0 aliphatic rings. The number of carboxylic acids is 1. The maximum absolute atomic E-state index is 12.0. The highest BCUT2D eigenvalue weighted by molar-refractivity contribution is 6.36. The molecular formula is C19H34N2O5. The number of amides is 2. The largest absolute Gasteiger partial charge is 0.481 e. The van der Waals surface area contributed by atoms with Gasteiger partial charge >= 0.3 is 5.97 Å². The Hall–Kier alpha value is -1.92. The van der Waals surface area contributed by atoms with Crippen LogP contribution in [0.1, 0.15) is 84.5 Å². The lowest BCUT2D eigenvalue weighted by Crippen LogP contribution is -2.48. The molecule has 0 fully saturated rings. The zero-order valence-electron chi connectivity index (χ0n) is 16.1. The summed E-state index contributed by atoms with van der Waals surface area (Å²) in [5, 5.41) is 13.6. The van der Waals surface area contributed by atoms with Crippen LogP contribution >= 0.6 is 0 Å². The standard InChI is InChI=1S/C19H34N2O5/c1-3-5-6-7-8-9-10-11-12-16(22)19(26)21-15(13-14-17(23)24)18(25)20-4-2/h15H,3-14H2,1-2H3,(H,20,25)(H,21,26)(H,23,24). The fourth-order valence-electron chi connectivity index (χ4n) is 2.61. The molecule has 0 saturated heterocycles. The second-order valence-electron chi connectivity index (χ2n) is 6.50. The Morgan fingerprint density at radius 1 is 0.846 bits per heavy atom. The van der Waals surface area contributed by atoms with E-state index in [2.05, 4.69) is 17.6 Å². The predicted octanol–water partition coefficient (Wildman–Crippen LogP) is 2.57. The van der Waals surface area contributed by atoms with E-state index in [0.29, 0.717) is 13.0 Å². The number of carbonyl (C=O) groups excluding carboxylic acids is 3. The summed E-state index contributed by atoms with van der Waals surface area (Å²) < 4.78 is 0. The predicted molar refractivity (Wildman–Crippen MR) is 99.7 cm³/mol. The number of hydrogen-bond acceptors (Lipinski definition) is 4. The maximum atomic E-state index is 12.0. The quantitative estimate of drug-likeness (QED) is 0.285. The van der Waals surface area contributed by atoms with E-state index < -0.39 is 29.6 Å². The number of unbranched alkanes of at least 4 members (excludes halogenated alkanes) is 7. The SMILES string of the molecule is CCCCCCCCCCC(=O)C(=O)NC(CCC(=O)O)C(=O)NCC. The number of aliphatic carboxylic acids is 1. The molecule has 7 heteroatoms. The van der Waals surface area contributed by atoms with Gasteiger partial charge in [0, 0.05) is 19.4 Å². The summed E-state index contributed by atoms with van der Waals surface area (Å²) >= 11 is 0. The first-order valence-electron chi connectivity index (χ1n) is 9.75. The van der Waals surface area contributed by atoms with Gasteiger partial charge in [0.15, 0.2) is 0 Å². The lowest BCUT2D eigenvalue weighted by molar-refractivity contribution is -0.140. The topological polar surface area (TPSA) is 113 Å². The third kappa shape index (κ3) is 12.4. The van der Waals surface area contributed by atoms with Crippen molar-refractivity contribution < 1.29 is 24.3 Å². The fourth-order valence-corrected chi connectivity index (χ4v) is 2.61. The van der Waals surface area contributed by atoms with Crippen molar-refractivity contribution in [3.05, 3.63) is 0 Å². The normalized spacial score (nSPS) is 11.6. The van der Waals surface area contributed by atoms with Crippen molar-refractivity contribution >= 4 is 23.6 Å². The van der Waals surface area contributed by atoms with E-state index in [1.54, 1.807) is 6.92 Å². The highest BCUT2D eigenvalue weighted by Gasteiger charge is 2.24. The number of ketones is 1. The molecule has 0 radical (unpaired) electrons. The number of carbonyl (C=O) groups is 4. The highest BCUT2D eigenvalue weighted by atomic mass is 16.4. The van der Waals surface area contributed by atoms with E-state index in [-0.39, 0.29) is 19.3 Å². The molecule has 150 valence electrons. The van der Waals surface area contributed by atoms with Crippen LogP contribution in [0.2, 0.25) is 0 Å². The first-order valence-corrected chi connectivity index (χ1v) is 9.75. The molecule has 3 N–H and O–H groups in total. The Morgan fingerprint density at radius 3 is 1.96 bits per heavy atom. The fraction of sp³-hybridized carbons (Fsp3) is 0.789.